The number of benzene rings is 3. The topological polar surface area (TPSA) is 9.23 Å². The Morgan fingerprint density at radius 2 is 1.38 bits per heavy atom. The molecule has 0 aromatic heterocycles. The zero-order valence-electron chi connectivity index (χ0n) is 15.3. The summed E-state index contributed by atoms with van der Waals surface area (Å²) in [6.45, 7) is 11.4. The maximum Gasteiger partial charge on any atom is 0.250 e. The Bertz CT molecular complexity index is 836. The minimum Gasteiger partial charge on any atom is -0.544 e. The lowest BCUT2D eigenvalue weighted by atomic mass is 9.98. The van der Waals surface area contributed by atoms with Gasteiger partial charge in [-0.3, -0.25) is 0 Å². The van der Waals surface area contributed by atoms with E-state index in [1.54, 1.807) is 0 Å². The first kappa shape index (κ1) is 16.8. The summed E-state index contributed by atoms with van der Waals surface area (Å²) >= 11 is 0. The van der Waals surface area contributed by atoms with Crippen LogP contribution in [-0.2, 0) is 0 Å². The highest BCUT2D eigenvalue weighted by Crippen LogP contribution is 2.38. The highest BCUT2D eigenvalue weighted by Gasteiger charge is 2.38. The summed E-state index contributed by atoms with van der Waals surface area (Å²) in [5.74, 6) is 0.977. The summed E-state index contributed by atoms with van der Waals surface area (Å²) < 4.78 is 6.38. The molecule has 0 amide bonds. The number of rotatable bonds is 3. The van der Waals surface area contributed by atoms with E-state index in [0.717, 1.165) is 5.75 Å². The van der Waals surface area contributed by atoms with Crippen molar-refractivity contribution in [3.05, 3.63) is 66.7 Å². The minimum atomic E-state index is -1.79. The van der Waals surface area contributed by atoms with Gasteiger partial charge in [-0.15, -0.1) is 0 Å². The number of hydrogen-bond acceptors (Lipinski definition) is 1. The Morgan fingerprint density at radius 3 is 2.04 bits per heavy atom. The Balaban J connectivity index is 1.92. The third kappa shape index (κ3) is 3.25. The molecule has 0 saturated heterocycles. The lowest BCUT2D eigenvalue weighted by Crippen LogP contribution is -2.43. The molecule has 3 aromatic rings. The van der Waals surface area contributed by atoms with Gasteiger partial charge in [0.25, 0.3) is 0 Å². The second-order valence-electron chi connectivity index (χ2n) is 7.91. The van der Waals surface area contributed by atoms with Crippen molar-refractivity contribution in [3.63, 3.8) is 0 Å². The van der Waals surface area contributed by atoms with Crippen molar-refractivity contribution in [1.82, 2.24) is 0 Å². The highest BCUT2D eigenvalue weighted by atomic mass is 28.4. The second-order valence-corrected chi connectivity index (χ2v) is 12.6. The largest absolute Gasteiger partial charge is 0.544 e. The molecule has 3 rings (SSSR count). The summed E-state index contributed by atoms with van der Waals surface area (Å²) in [6, 6.07) is 23.6. The fourth-order valence-electron chi connectivity index (χ4n) is 2.63. The van der Waals surface area contributed by atoms with Gasteiger partial charge in [0, 0.05) is 0 Å². The van der Waals surface area contributed by atoms with Gasteiger partial charge in [-0.25, -0.2) is 0 Å². The van der Waals surface area contributed by atoms with Crippen LogP contribution in [0.3, 0.4) is 0 Å². The predicted molar refractivity (Wildman–Crippen MR) is 107 cm³/mol. The molecule has 24 heavy (non-hydrogen) atoms. The molecule has 0 spiro atoms. The van der Waals surface area contributed by atoms with Crippen LogP contribution in [0.25, 0.3) is 21.9 Å². The number of fused-ring (bicyclic) bond motifs is 1. The van der Waals surface area contributed by atoms with Gasteiger partial charge >= 0.3 is 0 Å². The van der Waals surface area contributed by atoms with Crippen molar-refractivity contribution in [2.75, 3.05) is 0 Å². The van der Waals surface area contributed by atoms with Gasteiger partial charge in [-0.2, -0.15) is 0 Å². The van der Waals surface area contributed by atoms with Crippen LogP contribution in [0.15, 0.2) is 66.7 Å². The van der Waals surface area contributed by atoms with Crippen molar-refractivity contribution < 1.29 is 4.43 Å². The molecular formula is C22H26OSi. The van der Waals surface area contributed by atoms with Crippen molar-refractivity contribution in [3.8, 4) is 16.9 Å². The van der Waals surface area contributed by atoms with Crippen LogP contribution in [0.5, 0.6) is 5.75 Å². The SMILES string of the molecule is CC(C)(C)[Si](C)(C)Oc1ccc(-c2cccc3ccccc23)cc1. The van der Waals surface area contributed by atoms with Gasteiger partial charge in [0.15, 0.2) is 0 Å². The van der Waals surface area contributed by atoms with E-state index in [9.17, 15) is 0 Å². The smallest absolute Gasteiger partial charge is 0.250 e. The van der Waals surface area contributed by atoms with Crippen molar-refractivity contribution in [1.29, 1.82) is 0 Å². The van der Waals surface area contributed by atoms with Crippen molar-refractivity contribution in [2.45, 2.75) is 38.9 Å². The van der Waals surface area contributed by atoms with E-state index >= 15 is 0 Å². The first-order chi connectivity index (χ1) is 11.3. The van der Waals surface area contributed by atoms with E-state index < -0.39 is 8.32 Å². The molecule has 0 fully saturated rings. The standard InChI is InChI=1S/C22H26OSi/c1-22(2,3)24(4,5)23-19-15-13-18(14-16-19)21-12-8-10-17-9-6-7-11-20(17)21/h6-16H,1-5H3. The molecule has 1 nitrogen and oxygen atoms in total. The van der Waals surface area contributed by atoms with E-state index in [1.807, 2.05) is 0 Å². The zero-order chi connectivity index (χ0) is 17.4. The molecule has 0 atom stereocenters. The molecular weight excluding hydrogens is 308 g/mol. The molecule has 0 unspecified atom stereocenters. The van der Waals surface area contributed by atoms with E-state index in [4.69, 9.17) is 4.43 Å². The molecule has 0 aliphatic rings. The zero-order valence-corrected chi connectivity index (χ0v) is 16.3. The lowest BCUT2D eigenvalue weighted by Gasteiger charge is -2.36. The van der Waals surface area contributed by atoms with Gasteiger partial charge in [0.2, 0.25) is 8.32 Å². The normalized spacial score (nSPS) is 12.4. The molecule has 2 heteroatoms. The van der Waals surface area contributed by atoms with E-state index in [1.165, 1.54) is 21.9 Å². The van der Waals surface area contributed by atoms with Crippen LogP contribution in [0.1, 0.15) is 20.8 Å². The van der Waals surface area contributed by atoms with Crippen LogP contribution in [0, 0.1) is 0 Å². The van der Waals surface area contributed by atoms with Crippen LogP contribution in [-0.4, -0.2) is 8.32 Å². The highest BCUT2D eigenvalue weighted by molar-refractivity contribution is 6.74. The summed E-state index contributed by atoms with van der Waals surface area (Å²) in [5.41, 5.74) is 2.50. The monoisotopic (exact) mass is 334 g/mol. The quantitative estimate of drug-likeness (QED) is 0.474. The van der Waals surface area contributed by atoms with E-state index in [0.29, 0.717) is 0 Å². The second kappa shape index (κ2) is 6.10. The van der Waals surface area contributed by atoms with E-state index in [-0.39, 0.29) is 5.04 Å². The lowest BCUT2D eigenvalue weighted by molar-refractivity contribution is 0.492. The van der Waals surface area contributed by atoms with Gasteiger partial charge in [-0.05, 0) is 52.2 Å². The summed E-state index contributed by atoms with van der Waals surface area (Å²) in [7, 11) is -1.79. The van der Waals surface area contributed by atoms with E-state index in [2.05, 4.69) is 101 Å². The molecule has 0 saturated carbocycles. The molecule has 0 radical (unpaired) electrons. The van der Waals surface area contributed by atoms with Crippen molar-refractivity contribution >= 4 is 19.1 Å². The first-order valence-electron chi connectivity index (χ1n) is 8.55. The summed E-state index contributed by atoms with van der Waals surface area (Å²) in [5, 5.41) is 2.77. The third-order valence-electron chi connectivity index (χ3n) is 5.13. The molecule has 0 N–H and O–H groups in total. The fourth-order valence-corrected chi connectivity index (χ4v) is 3.66. The molecule has 0 heterocycles. The molecule has 0 aliphatic heterocycles. The summed E-state index contributed by atoms with van der Waals surface area (Å²) in [6.07, 6.45) is 0. The summed E-state index contributed by atoms with van der Waals surface area (Å²) in [4.78, 5) is 0. The van der Waals surface area contributed by atoms with Crippen LogP contribution < -0.4 is 4.43 Å². The van der Waals surface area contributed by atoms with Gasteiger partial charge in [0.1, 0.15) is 5.75 Å². The fraction of sp³-hybridized carbons (Fsp3) is 0.273. The van der Waals surface area contributed by atoms with Gasteiger partial charge < -0.3 is 4.43 Å². The Hall–Kier alpha value is -2.06. The molecule has 124 valence electrons. The van der Waals surface area contributed by atoms with Crippen LogP contribution in [0.2, 0.25) is 18.1 Å². The third-order valence-corrected chi connectivity index (χ3v) is 9.49. The average molecular weight is 335 g/mol. The number of hydrogen-bond donors (Lipinski definition) is 0. The predicted octanol–water partition coefficient (Wildman–Crippen LogP) is 6.89. The maximum absolute atomic E-state index is 6.38. The van der Waals surface area contributed by atoms with Gasteiger partial charge in [0.05, 0.1) is 0 Å². The Kier molecular flexibility index (Phi) is 4.27. The Morgan fingerprint density at radius 1 is 0.750 bits per heavy atom. The molecule has 0 bridgehead atoms. The first-order valence-corrected chi connectivity index (χ1v) is 11.5. The molecule has 0 aliphatic carbocycles. The average Bonchev–Trinajstić information content (AvgIpc) is 2.54. The molecule has 3 aromatic carbocycles. The minimum absolute atomic E-state index is 0.210. The van der Waals surface area contributed by atoms with Crippen LogP contribution >= 0.6 is 0 Å². The van der Waals surface area contributed by atoms with Crippen molar-refractivity contribution in [2.24, 2.45) is 0 Å². The Labute approximate surface area is 146 Å². The van der Waals surface area contributed by atoms with Crippen LogP contribution in [0.4, 0.5) is 0 Å². The van der Waals surface area contributed by atoms with Gasteiger partial charge in [-0.1, -0.05) is 75.4 Å². The maximum atomic E-state index is 6.38.